The molecule has 2 heterocycles. The molecule has 0 radical (unpaired) electrons. The zero-order chi connectivity index (χ0) is 21.3. The molecule has 7 nitrogen and oxygen atoms in total. The van der Waals surface area contributed by atoms with Crippen LogP contribution in [0.4, 0.5) is 0 Å². The number of hydrogen-bond acceptors (Lipinski definition) is 7. The molecule has 0 saturated carbocycles. The summed E-state index contributed by atoms with van der Waals surface area (Å²) in [6, 6.07) is 9.90. The zero-order valence-electron chi connectivity index (χ0n) is 18.3. The van der Waals surface area contributed by atoms with Gasteiger partial charge in [0.2, 0.25) is 0 Å². The number of pyridine rings is 1. The van der Waals surface area contributed by atoms with E-state index in [9.17, 15) is 5.11 Å². The molecule has 0 unspecified atom stereocenters. The number of hydrogen-bond donors (Lipinski definition) is 1. The predicted molar refractivity (Wildman–Crippen MR) is 118 cm³/mol. The zero-order valence-corrected chi connectivity index (χ0v) is 18.3. The molecule has 0 amide bonds. The van der Waals surface area contributed by atoms with E-state index in [1.807, 2.05) is 30.5 Å². The maximum Gasteiger partial charge on any atom is 0.127 e. The smallest absolute Gasteiger partial charge is 0.127 e. The Labute approximate surface area is 179 Å². The fraction of sp³-hybridized carbons (Fsp3) is 0.522. The van der Waals surface area contributed by atoms with Crippen molar-refractivity contribution in [1.82, 2.24) is 19.7 Å². The van der Waals surface area contributed by atoms with Gasteiger partial charge in [0, 0.05) is 69.8 Å². The lowest BCUT2D eigenvalue weighted by Gasteiger charge is -2.33. The van der Waals surface area contributed by atoms with E-state index in [4.69, 9.17) is 9.47 Å². The van der Waals surface area contributed by atoms with E-state index < -0.39 is 6.10 Å². The fourth-order valence-corrected chi connectivity index (χ4v) is 3.64. The lowest BCUT2D eigenvalue weighted by molar-refractivity contribution is 0.0500. The third-order valence-electron chi connectivity index (χ3n) is 5.39. The first kappa shape index (κ1) is 22.5. The minimum Gasteiger partial charge on any atom is -0.497 e. The largest absolute Gasteiger partial charge is 0.497 e. The molecule has 0 bridgehead atoms. The normalized spacial score (nSPS) is 16.6. The van der Waals surface area contributed by atoms with Crippen molar-refractivity contribution < 1.29 is 14.6 Å². The number of rotatable bonds is 10. The van der Waals surface area contributed by atoms with Crippen molar-refractivity contribution in [3.8, 4) is 11.5 Å². The van der Waals surface area contributed by atoms with Crippen LogP contribution in [-0.4, -0.2) is 91.4 Å². The average Bonchev–Trinajstić information content (AvgIpc) is 2.75. The Bertz CT molecular complexity index is 766. The number of benzene rings is 1. The summed E-state index contributed by atoms with van der Waals surface area (Å²) in [5, 5.41) is 10.5. The molecule has 3 rings (SSSR count). The van der Waals surface area contributed by atoms with Gasteiger partial charge in [-0.05, 0) is 31.8 Å². The third-order valence-corrected chi connectivity index (χ3v) is 5.39. The van der Waals surface area contributed by atoms with Gasteiger partial charge in [-0.25, -0.2) is 0 Å². The van der Waals surface area contributed by atoms with Crippen LogP contribution in [0.5, 0.6) is 11.5 Å². The molecule has 1 saturated heterocycles. The summed E-state index contributed by atoms with van der Waals surface area (Å²) in [6.45, 7) is 6.46. The van der Waals surface area contributed by atoms with Crippen LogP contribution in [0.15, 0.2) is 42.7 Å². The topological polar surface area (TPSA) is 61.3 Å². The second-order valence-corrected chi connectivity index (χ2v) is 8.08. The molecule has 1 aliphatic heterocycles. The van der Waals surface area contributed by atoms with Crippen LogP contribution >= 0.6 is 0 Å². The first-order valence-electron chi connectivity index (χ1n) is 10.5. The summed E-state index contributed by atoms with van der Waals surface area (Å²) in [6.07, 6.45) is 3.14. The van der Waals surface area contributed by atoms with Gasteiger partial charge < -0.3 is 19.5 Å². The number of β-amino-alcohol motifs (C(OH)–C–C–N with tert-alkyl or cyclic N) is 1. The molecular weight excluding hydrogens is 380 g/mol. The maximum atomic E-state index is 10.5. The number of aromatic nitrogens is 1. The minimum absolute atomic E-state index is 0.263. The molecule has 1 aromatic carbocycles. The second-order valence-electron chi connectivity index (χ2n) is 8.08. The Balaban J connectivity index is 1.57. The van der Waals surface area contributed by atoms with Crippen LogP contribution in [-0.2, 0) is 13.1 Å². The molecule has 0 spiro atoms. The SMILES string of the molecule is COc1ccc(CN(C)Cc2cccnc2)c(OC[C@H](O)CN2CCN(C)CC2)c1. The predicted octanol–water partition coefficient (Wildman–Crippen LogP) is 1.71. The highest BCUT2D eigenvalue weighted by Crippen LogP contribution is 2.26. The van der Waals surface area contributed by atoms with E-state index in [2.05, 4.69) is 39.8 Å². The van der Waals surface area contributed by atoms with Crippen molar-refractivity contribution in [3.05, 3.63) is 53.9 Å². The summed E-state index contributed by atoms with van der Waals surface area (Å²) in [4.78, 5) is 11.0. The number of ether oxygens (including phenoxy) is 2. The molecule has 1 fully saturated rings. The minimum atomic E-state index is -0.527. The van der Waals surface area contributed by atoms with Crippen molar-refractivity contribution in [2.24, 2.45) is 0 Å². The molecule has 0 aliphatic carbocycles. The molecule has 7 heteroatoms. The van der Waals surface area contributed by atoms with Crippen LogP contribution in [0.25, 0.3) is 0 Å². The van der Waals surface area contributed by atoms with Crippen molar-refractivity contribution in [1.29, 1.82) is 0 Å². The molecule has 30 heavy (non-hydrogen) atoms. The summed E-state index contributed by atoms with van der Waals surface area (Å²) in [5.74, 6) is 1.50. The van der Waals surface area contributed by atoms with Crippen LogP contribution < -0.4 is 9.47 Å². The molecule has 2 aromatic rings. The van der Waals surface area contributed by atoms with Gasteiger partial charge >= 0.3 is 0 Å². The van der Waals surface area contributed by atoms with E-state index in [-0.39, 0.29) is 6.61 Å². The van der Waals surface area contributed by atoms with Crippen molar-refractivity contribution in [3.63, 3.8) is 0 Å². The molecular formula is C23H34N4O3. The highest BCUT2D eigenvalue weighted by molar-refractivity contribution is 5.40. The maximum absolute atomic E-state index is 10.5. The monoisotopic (exact) mass is 414 g/mol. The molecule has 1 N–H and O–H groups in total. The lowest BCUT2D eigenvalue weighted by Crippen LogP contribution is -2.47. The van der Waals surface area contributed by atoms with E-state index in [1.165, 1.54) is 5.56 Å². The number of likely N-dealkylation sites (N-methyl/N-ethyl adjacent to an activating group) is 1. The van der Waals surface area contributed by atoms with E-state index in [0.29, 0.717) is 6.54 Å². The number of piperazine rings is 1. The van der Waals surface area contributed by atoms with Crippen LogP contribution in [0, 0.1) is 0 Å². The fourth-order valence-electron chi connectivity index (χ4n) is 3.64. The van der Waals surface area contributed by atoms with Gasteiger partial charge in [-0.15, -0.1) is 0 Å². The van der Waals surface area contributed by atoms with Crippen molar-refractivity contribution in [2.45, 2.75) is 19.2 Å². The number of aliphatic hydroxyl groups is 1. The number of methoxy groups -OCH3 is 1. The Morgan fingerprint density at radius 3 is 2.67 bits per heavy atom. The quantitative estimate of drug-likeness (QED) is 0.635. The highest BCUT2D eigenvalue weighted by Gasteiger charge is 2.18. The van der Waals surface area contributed by atoms with Crippen LogP contribution in [0.2, 0.25) is 0 Å². The summed E-state index contributed by atoms with van der Waals surface area (Å²) >= 11 is 0. The molecule has 1 aliphatic rings. The molecule has 1 atom stereocenters. The first-order valence-corrected chi connectivity index (χ1v) is 10.5. The number of aliphatic hydroxyl groups excluding tert-OH is 1. The van der Waals surface area contributed by atoms with E-state index in [0.717, 1.165) is 56.3 Å². The Morgan fingerprint density at radius 1 is 1.17 bits per heavy atom. The summed E-state index contributed by atoms with van der Waals surface area (Å²) in [7, 11) is 5.85. The van der Waals surface area contributed by atoms with Gasteiger partial charge in [0.15, 0.2) is 0 Å². The van der Waals surface area contributed by atoms with Gasteiger partial charge in [-0.1, -0.05) is 12.1 Å². The average molecular weight is 415 g/mol. The first-order chi connectivity index (χ1) is 14.5. The molecule has 164 valence electrons. The van der Waals surface area contributed by atoms with Crippen LogP contribution in [0.3, 0.4) is 0 Å². The van der Waals surface area contributed by atoms with Crippen molar-refractivity contribution in [2.75, 3.05) is 60.5 Å². The van der Waals surface area contributed by atoms with Gasteiger partial charge in [0.25, 0.3) is 0 Å². The standard InChI is InChI=1S/C23H34N4O3/c1-25-9-11-27(12-10-25)17-21(28)18-30-23-13-22(29-3)7-6-20(23)16-26(2)15-19-5-4-8-24-14-19/h4-8,13-14,21,28H,9-12,15-18H2,1-3H3/t21-/m1/s1. The summed E-state index contributed by atoms with van der Waals surface area (Å²) < 4.78 is 11.4. The van der Waals surface area contributed by atoms with E-state index in [1.54, 1.807) is 13.3 Å². The van der Waals surface area contributed by atoms with Gasteiger partial charge in [-0.2, -0.15) is 0 Å². The second kappa shape index (κ2) is 11.3. The summed E-state index contributed by atoms with van der Waals surface area (Å²) in [5.41, 5.74) is 2.23. The Hall–Kier alpha value is -2.19. The van der Waals surface area contributed by atoms with E-state index >= 15 is 0 Å². The Kier molecular flexibility index (Phi) is 8.45. The Morgan fingerprint density at radius 2 is 1.97 bits per heavy atom. The van der Waals surface area contributed by atoms with Crippen molar-refractivity contribution >= 4 is 0 Å². The molecule has 1 aromatic heterocycles. The highest BCUT2D eigenvalue weighted by atomic mass is 16.5. The van der Waals surface area contributed by atoms with Gasteiger partial charge in [0.1, 0.15) is 24.2 Å². The lowest BCUT2D eigenvalue weighted by atomic mass is 10.1. The third kappa shape index (κ3) is 6.95. The van der Waals surface area contributed by atoms with Crippen LogP contribution in [0.1, 0.15) is 11.1 Å². The number of nitrogens with zero attached hydrogens (tertiary/aromatic N) is 4. The van der Waals surface area contributed by atoms with Gasteiger partial charge in [0.05, 0.1) is 7.11 Å². The van der Waals surface area contributed by atoms with Gasteiger partial charge in [-0.3, -0.25) is 14.8 Å².